The van der Waals surface area contributed by atoms with E-state index in [1.807, 2.05) is 6.92 Å². The Kier molecular flexibility index (Phi) is 7.60. The Labute approximate surface area is 149 Å². The summed E-state index contributed by atoms with van der Waals surface area (Å²) in [6.45, 7) is 11.3. The van der Waals surface area contributed by atoms with Crippen LogP contribution >= 0.6 is 0 Å². The zero-order chi connectivity index (χ0) is 19.0. The van der Waals surface area contributed by atoms with Crippen molar-refractivity contribution in [2.45, 2.75) is 59.0 Å². The number of carbonyl (C=O) groups is 2. The monoisotopic (exact) mass is 351 g/mol. The minimum Gasteiger partial charge on any atom is -0.442 e. The highest BCUT2D eigenvalue weighted by molar-refractivity contribution is 6.42. The third kappa shape index (κ3) is 6.56. The average Bonchev–Trinajstić information content (AvgIpc) is 2.77. The highest BCUT2D eigenvalue weighted by Gasteiger charge is 2.32. The molecule has 1 heterocycles. The maximum Gasteiger partial charge on any atom is 0.429 e. The normalized spacial score (nSPS) is 16.1. The van der Waals surface area contributed by atoms with Crippen LogP contribution < -0.4 is 5.43 Å². The van der Waals surface area contributed by atoms with Gasteiger partial charge in [0.05, 0.1) is 0 Å². The van der Waals surface area contributed by atoms with E-state index in [1.165, 1.54) is 16.1 Å². The number of amides is 2. The van der Waals surface area contributed by atoms with Crippen molar-refractivity contribution in [2.24, 2.45) is 5.10 Å². The van der Waals surface area contributed by atoms with Gasteiger partial charge < -0.3 is 4.74 Å². The second-order valence-electron chi connectivity index (χ2n) is 6.80. The lowest BCUT2D eigenvalue weighted by Gasteiger charge is -2.34. The number of ether oxygens (including phenoxy) is 1. The fourth-order valence-corrected chi connectivity index (χ4v) is 2.35. The van der Waals surface area contributed by atoms with Crippen molar-refractivity contribution in [3.8, 4) is 0 Å². The molecule has 0 bridgehead atoms. The maximum atomic E-state index is 12.7. The molecule has 1 aliphatic heterocycles. The maximum absolute atomic E-state index is 12.7. The van der Waals surface area contributed by atoms with Crippen LogP contribution in [0.3, 0.4) is 0 Å². The number of carbonyl (C=O) groups excluding carboxylic acids is 2. The van der Waals surface area contributed by atoms with Crippen molar-refractivity contribution in [2.75, 3.05) is 13.1 Å². The molecule has 1 aliphatic rings. The Morgan fingerprint density at radius 1 is 1.24 bits per heavy atom. The van der Waals surface area contributed by atoms with Crippen LogP contribution in [0.15, 0.2) is 16.9 Å². The SMILES string of the molecule is C=NN/C(=C\C(=N)C(=O)N1CCCCCN1C(=O)OC(C)(C)C)CC. The van der Waals surface area contributed by atoms with Crippen molar-refractivity contribution < 1.29 is 14.3 Å². The second-order valence-corrected chi connectivity index (χ2v) is 6.80. The first-order valence-corrected chi connectivity index (χ1v) is 8.52. The van der Waals surface area contributed by atoms with Gasteiger partial charge in [0.25, 0.3) is 5.91 Å². The standard InChI is InChI=1S/C17H29N5O3/c1-6-13(20-19-5)12-14(18)15(23)21-10-8-7-9-11-22(21)16(24)25-17(2,3)4/h12,18,20H,5-11H2,1-4H3/b13-12-,18-14?. The molecule has 0 aromatic heterocycles. The summed E-state index contributed by atoms with van der Waals surface area (Å²) in [6.07, 6.45) is 3.89. The van der Waals surface area contributed by atoms with Gasteiger partial charge in [0.2, 0.25) is 0 Å². The number of allylic oxidation sites excluding steroid dienone is 1. The molecule has 8 nitrogen and oxygen atoms in total. The van der Waals surface area contributed by atoms with E-state index >= 15 is 0 Å². The predicted molar refractivity (Wildman–Crippen MR) is 97.3 cm³/mol. The molecule has 140 valence electrons. The molecule has 0 aromatic rings. The first-order valence-electron chi connectivity index (χ1n) is 8.52. The van der Waals surface area contributed by atoms with E-state index in [0.29, 0.717) is 25.2 Å². The lowest BCUT2D eigenvalue weighted by molar-refractivity contribution is -0.139. The van der Waals surface area contributed by atoms with Crippen LogP contribution in [0.2, 0.25) is 0 Å². The van der Waals surface area contributed by atoms with Crippen LogP contribution in [0.25, 0.3) is 0 Å². The van der Waals surface area contributed by atoms with E-state index in [2.05, 4.69) is 17.2 Å². The fourth-order valence-electron chi connectivity index (χ4n) is 2.35. The van der Waals surface area contributed by atoms with E-state index in [0.717, 1.165) is 19.3 Å². The molecule has 25 heavy (non-hydrogen) atoms. The summed E-state index contributed by atoms with van der Waals surface area (Å²) >= 11 is 0. The van der Waals surface area contributed by atoms with E-state index < -0.39 is 17.6 Å². The molecule has 8 heteroatoms. The Balaban J connectivity index is 2.98. The molecule has 1 rings (SSSR count). The smallest absolute Gasteiger partial charge is 0.429 e. The Morgan fingerprint density at radius 3 is 2.36 bits per heavy atom. The van der Waals surface area contributed by atoms with Gasteiger partial charge in [-0.3, -0.25) is 15.6 Å². The number of hydrazine groups is 1. The molecule has 0 saturated carbocycles. The van der Waals surface area contributed by atoms with Gasteiger partial charge in [0.15, 0.2) is 0 Å². The van der Waals surface area contributed by atoms with Crippen LogP contribution in [0.5, 0.6) is 0 Å². The quantitative estimate of drug-likeness (QED) is 0.588. The molecular weight excluding hydrogens is 322 g/mol. The third-order valence-corrected chi connectivity index (χ3v) is 3.52. The summed E-state index contributed by atoms with van der Waals surface area (Å²) in [5.41, 5.74) is 2.39. The highest BCUT2D eigenvalue weighted by atomic mass is 16.6. The second kappa shape index (κ2) is 9.19. The molecule has 0 aromatic carbocycles. The third-order valence-electron chi connectivity index (χ3n) is 3.52. The van der Waals surface area contributed by atoms with Gasteiger partial charge in [0, 0.05) is 25.5 Å². The topological polar surface area (TPSA) is 98.1 Å². The molecule has 1 fully saturated rings. The van der Waals surface area contributed by atoms with Gasteiger partial charge in [-0.15, -0.1) is 0 Å². The van der Waals surface area contributed by atoms with Gasteiger partial charge in [-0.05, 0) is 52.5 Å². The molecule has 0 aliphatic carbocycles. The summed E-state index contributed by atoms with van der Waals surface area (Å²) < 4.78 is 5.41. The molecular formula is C17H29N5O3. The van der Waals surface area contributed by atoms with Crippen molar-refractivity contribution in [1.29, 1.82) is 5.41 Å². The van der Waals surface area contributed by atoms with Crippen molar-refractivity contribution in [3.05, 3.63) is 11.8 Å². The van der Waals surface area contributed by atoms with Crippen molar-refractivity contribution >= 4 is 24.4 Å². The van der Waals surface area contributed by atoms with E-state index in [1.54, 1.807) is 20.8 Å². The number of hydrazone groups is 1. The molecule has 1 saturated heterocycles. The van der Waals surface area contributed by atoms with E-state index in [4.69, 9.17) is 10.1 Å². The van der Waals surface area contributed by atoms with Gasteiger partial charge in [0.1, 0.15) is 11.3 Å². The molecule has 2 amide bonds. The zero-order valence-electron chi connectivity index (χ0n) is 15.6. The Hall–Kier alpha value is -2.38. The summed E-state index contributed by atoms with van der Waals surface area (Å²) in [7, 11) is 0. The van der Waals surface area contributed by atoms with E-state index in [9.17, 15) is 9.59 Å². The number of rotatable bonds is 5. The summed E-state index contributed by atoms with van der Waals surface area (Å²) in [6, 6.07) is 0. The first-order chi connectivity index (χ1) is 11.7. The fraction of sp³-hybridized carbons (Fsp3) is 0.647. The number of nitrogens with one attached hydrogen (secondary N) is 2. The van der Waals surface area contributed by atoms with Crippen LogP contribution in [0.4, 0.5) is 4.79 Å². The number of hydrogen-bond acceptors (Lipinski definition) is 6. The molecule has 0 atom stereocenters. The minimum absolute atomic E-state index is 0.219. The van der Waals surface area contributed by atoms with E-state index in [-0.39, 0.29) is 5.71 Å². The van der Waals surface area contributed by atoms with Crippen LogP contribution in [0.1, 0.15) is 53.4 Å². The largest absolute Gasteiger partial charge is 0.442 e. The summed E-state index contributed by atoms with van der Waals surface area (Å²) in [5, 5.41) is 14.3. The molecule has 0 spiro atoms. The van der Waals surface area contributed by atoms with Gasteiger partial charge in [-0.25, -0.2) is 14.8 Å². The van der Waals surface area contributed by atoms with Gasteiger partial charge in [-0.1, -0.05) is 6.92 Å². The molecule has 0 radical (unpaired) electrons. The zero-order valence-corrected chi connectivity index (χ0v) is 15.6. The summed E-state index contributed by atoms with van der Waals surface area (Å²) in [4.78, 5) is 25.2. The van der Waals surface area contributed by atoms with Crippen LogP contribution in [-0.4, -0.2) is 53.1 Å². The van der Waals surface area contributed by atoms with Gasteiger partial charge >= 0.3 is 6.09 Å². The van der Waals surface area contributed by atoms with Crippen LogP contribution in [0, 0.1) is 5.41 Å². The average molecular weight is 351 g/mol. The van der Waals surface area contributed by atoms with Crippen LogP contribution in [-0.2, 0) is 9.53 Å². The number of hydrogen-bond donors (Lipinski definition) is 2. The minimum atomic E-state index is -0.652. The molecule has 2 N–H and O–H groups in total. The van der Waals surface area contributed by atoms with Gasteiger partial charge in [-0.2, -0.15) is 5.10 Å². The highest BCUT2D eigenvalue weighted by Crippen LogP contribution is 2.17. The summed E-state index contributed by atoms with van der Waals surface area (Å²) in [5.74, 6) is -0.537. The molecule has 0 unspecified atom stereocenters. The van der Waals surface area contributed by atoms with Crippen molar-refractivity contribution in [1.82, 2.24) is 15.4 Å². The lowest BCUT2D eigenvalue weighted by Crippen LogP contribution is -2.52. The Morgan fingerprint density at radius 2 is 1.84 bits per heavy atom. The predicted octanol–water partition coefficient (Wildman–Crippen LogP) is 2.67. The first kappa shape index (κ1) is 20.7. The lowest BCUT2D eigenvalue weighted by atomic mass is 10.2. The van der Waals surface area contributed by atoms with Crippen molar-refractivity contribution in [3.63, 3.8) is 0 Å². The number of nitrogens with zero attached hydrogens (tertiary/aromatic N) is 3. The Bertz CT molecular complexity index is 551.